The van der Waals surface area contributed by atoms with Crippen molar-refractivity contribution in [3.05, 3.63) is 64.6 Å². The van der Waals surface area contributed by atoms with E-state index < -0.39 is 6.10 Å². The maximum Gasteiger partial charge on any atom is 0.170 e. The molecule has 5 heteroatoms. The first kappa shape index (κ1) is 18.1. The number of likely N-dealkylation sites (tertiary alicyclic amines) is 1. The van der Waals surface area contributed by atoms with E-state index in [0.29, 0.717) is 18.0 Å². The number of hydrogen-bond acceptors (Lipinski definition) is 4. The minimum Gasteiger partial charge on any atom is -0.387 e. The van der Waals surface area contributed by atoms with Crippen LogP contribution in [0.2, 0.25) is 0 Å². The van der Waals surface area contributed by atoms with Gasteiger partial charge in [0.2, 0.25) is 0 Å². The summed E-state index contributed by atoms with van der Waals surface area (Å²) in [5.41, 5.74) is 4.76. The van der Waals surface area contributed by atoms with Crippen molar-refractivity contribution in [1.29, 1.82) is 0 Å². The van der Waals surface area contributed by atoms with Gasteiger partial charge in [0, 0.05) is 23.9 Å². The van der Waals surface area contributed by atoms with Crippen molar-refractivity contribution in [3.8, 4) is 0 Å². The first-order chi connectivity index (χ1) is 13.0. The zero-order chi connectivity index (χ0) is 19.0. The highest BCUT2D eigenvalue weighted by molar-refractivity contribution is 5.79. The monoisotopic (exact) mass is 368 g/mol. The molecule has 142 valence electrons. The summed E-state index contributed by atoms with van der Waals surface area (Å²) in [6.07, 6.45) is 1.44. The van der Waals surface area contributed by atoms with Gasteiger partial charge >= 0.3 is 0 Å². The fourth-order valence-electron chi connectivity index (χ4n) is 4.08. The Balaban J connectivity index is 1.40. The number of aryl methyl sites for hydroxylation is 2. The predicted octanol–water partition coefficient (Wildman–Crippen LogP) is 4.50. The van der Waals surface area contributed by atoms with Crippen molar-refractivity contribution in [2.45, 2.75) is 38.7 Å². The van der Waals surface area contributed by atoms with Crippen LogP contribution in [0.1, 0.15) is 47.2 Å². The average Bonchev–Trinajstić information content (AvgIpc) is 3.07. The number of piperidine rings is 1. The van der Waals surface area contributed by atoms with Gasteiger partial charge in [0.05, 0.1) is 11.8 Å². The van der Waals surface area contributed by atoms with Gasteiger partial charge in [0.15, 0.2) is 5.58 Å². The van der Waals surface area contributed by atoms with Crippen molar-refractivity contribution in [1.82, 2.24) is 10.1 Å². The summed E-state index contributed by atoms with van der Waals surface area (Å²) in [5, 5.41) is 15.8. The highest BCUT2D eigenvalue weighted by atomic mass is 19.1. The first-order valence-corrected chi connectivity index (χ1v) is 9.53. The Hall–Kier alpha value is -2.24. The van der Waals surface area contributed by atoms with Gasteiger partial charge in [-0.05, 0) is 63.0 Å². The number of β-amino-alcohol motifs (C(OH)–C–C–N with tert-alkyl or cyclic N) is 1. The molecule has 1 aliphatic rings. The third-order valence-corrected chi connectivity index (χ3v) is 5.66. The van der Waals surface area contributed by atoms with Crippen molar-refractivity contribution in [3.63, 3.8) is 0 Å². The molecule has 1 saturated heterocycles. The van der Waals surface area contributed by atoms with Crippen molar-refractivity contribution >= 4 is 11.0 Å². The highest BCUT2D eigenvalue weighted by Gasteiger charge is 2.26. The molecule has 0 aliphatic carbocycles. The molecule has 1 aromatic heterocycles. The van der Waals surface area contributed by atoms with Gasteiger partial charge in [0.25, 0.3) is 0 Å². The van der Waals surface area contributed by atoms with E-state index in [2.05, 4.69) is 35.2 Å². The van der Waals surface area contributed by atoms with Crippen LogP contribution in [0, 0.1) is 19.7 Å². The lowest BCUT2D eigenvalue weighted by molar-refractivity contribution is 0.0963. The van der Waals surface area contributed by atoms with E-state index in [1.54, 1.807) is 6.07 Å². The van der Waals surface area contributed by atoms with Crippen molar-refractivity contribution < 1.29 is 14.0 Å². The lowest BCUT2D eigenvalue weighted by Crippen LogP contribution is -2.36. The third kappa shape index (κ3) is 3.75. The predicted molar refractivity (Wildman–Crippen MR) is 103 cm³/mol. The molecule has 0 amide bonds. The minimum absolute atomic E-state index is 0.305. The number of aromatic nitrogens is 1. The largest absolute Gasteiger partial charge is 0.387 e. The second-order valence-electron chi connectivity index (χ2n) is 7.66. The molecule has 0 spiro atoms. The summed E-state index contributed by atoms with van der Waals surface area (Å²) >= 11 is 0. The van der Waals surface area contributed by atoms with Crippen LogP contribution in [0.3, 0.4) is 0 Å². The van der Waals surface area contributed by atoms with Gasteiger partial charge in [-0.3, -0.25) is 0 Å². The lowest BCUT2D eigenvalue weighted by Gasteiger charge is -2.32. The van der Waals surface area contributed by atoms with Gasteiger partial charge in [-0.1, -0.05) is 28.9 Å². The van der Waals surface area contributed by atoms with Gasteiger partial charge in [0.1, 0.15) is 5.82 Å². The summed E-state index contributed by atoms with van der Waals surface area (Å²) < 4.78 is 18.6. The number of nitrogens with zero attached hydrogens (tertiary/aromatic N) is 2. The molecule has 0 radical (unpaired) electrons. The Morgan fingerprint density at radius 3 is 2.74 bits per heavy atom. The summed E-state index contributed by atoms with van der Waals surface area (Å²) in [4.78, 5) is 2.31. The molecule has 0 unspecified atom stereocenters. The van der Waals surface area contributed by atoms with E-state index in [9.17, 15) is 9.50 Å². The number of fused-ring (bicyclic) bond motifs is 1. The van der Waals surface area contributed by atoms with E-state index in [-0.39, 0.29) is 5.82 Å². The Morgan fingerprint density at radius 2 is 1.96 bits per heavy atom. The van der Waals surface area contributed by atoms with Gasteiger partial charge in [-0.25, -0.2) is 4.39 Å². The van der Waals surface area contributed by atoms with E-state index >= 15 is 0 Å². The molecule has 1 fully saturated rings. The number of benzene rings is 2. The standard InChI is InChI=1S/C22H25FN2O2/c1-14-3-4-15(2)19(11-14)20(26)13-25-9-7-16(8-10-25)22-18-6-5-17(23)12-21(18)27-24-22/h3-6,11-12,16,20,26H,7-10,13H2,1-2H3/t20-/m1/s1. The maximum absolute atomic E-state index is 13.3. The summed E-state index contributed by atoms with van der Waals surface area (Å²) in [7, 11) is 0. The van der Waals surface area contributed by atoms with Crippen molar-refractivity contribution in [2.24, 2.45) is 0 Å². The lowest BCUT2D eigenvalue weighted by atomic mass is 9.91. The molecule has 1 atom stereocenters. The van der Waals surface area contributed by atoms with Crippen LogP contribution in [0.25, 0.3) is 11.0 Å². The Morgan fingerprint density at radius 1 is 1.19 bits per heavy atom. The molecule has 27 heavy (non-hydrogen) atoms. The fraction of sp³-hybridized carbons (Fsp3) is 0.409. The number of aliphatic hydroxyl groups excluding tert-OH is 1. The molecule has 3 aromatic rings. The Bertz CT molecular complexity index is 945. The molecule has 1 aliphatic heterocycles. The third-order valence-electron chi connectivity index (χ3n) is 5.66. The van der Waals surface area contributed by atoms with E-state index in [1.807, 2.05) is 6.92 Å². The average molecular weight is 368 g/mol. The highest BCUT2D eigenvalue weighted by Crippen LogP contribution is 2.33. The van der Waals surface area contributed by atoms with Crippen LogP contribution in [0.5, 0.6) is 0 Å². The number of rotatable bonds is 4. The zero-order valence-electron chi connectivity index (χ0n) is 15.8. The normalized spacial score (nSPS) is 17.5. The molecule has 0 saturated carbocycles. The summed E-state index contributed by atoms with van der Waals surface area (Å²) in [5.74, 6) is 0.00580. The summed E-state index contributed by atoms with van der Waals surface area (Å²) in [6, 6.07) is 10.8. The Kier molecular flexibility index (Phi) is 4.98. The van der Waals surface area contributed by atoms with Crippen LogP contribution < -0.4 is 0 Å². The summed E-state index contributed by atoms with van der Waals surface area (Å²) in [6.45, 7) is 6.55. The maximum atomic E-state index is 13.3. The number of aliphatic hydroxyl groups is 1. The molecule has 2 heterocycles. The zero-order valence-corrected chi connectivity index (χ0v) is 15.8. The molecule has 4 rings (SSSR count). The van der Waals surface area contributed by atoms with Gasteiger partial charge in [-0.2, -0.15) is 0 Å². The van der Waals surface area contributed by atoms with Crippen LogP contribution in [-0.2, 0) is 0 Å². The quantitative estimate of drug-likeness (QED) is 0.737. The van der Waals surface area contributed by atoms with Gasteiger partial charge < -0.3 is 14.5 Å². The number of hydrogen-bond donors (Lipinski definition) is 1. The molecule has 0 bridgehead atoms. The topological polar surface area (TPSA) is 49.5 Å². The van der Waals surface area contributed by atoms with Crippen LogP contribution in [0.4, 0.5) is 4.39 Å². The van der Waals surface area contributed by atoms with Crippen LogP contribution in [-0.4, -0.2) is 34.8 Å². The smallest absolute Gasteiger partial charge is 0.170 e. The molecular formula is C22H25FN2O2. The second kappa shape index (κ2) is 7.41. The van der Waals surface area contributed by atoms with Gasteiger partial charge in [-0.15, -0.1) is 0 Å². The SMILES string of the molecule is Cc1ccc(C)c([C@H](O)CN2CCC(c3noc4cc(F)ccc34)CC2)c1. The van der Waals surface area contributed by atoms with Crippen molar-refractivity contribution in [2.75, 3.05) is 19.6 Å². The first-order valence-electron chi connectivity index (χ1n) is 9.53. The second-order valence-corrected chi connectivity index (χ2v) is 7.66. The Labute approximate surface area is 158 Å². The van der Waals surface area contributed by atoms with E-state index in [0.717, 1.165) is 48.1 Å². The minimum atomic E-state index is -0.475. The molecule has 2 aromatic carbocycles. The molecular weight excluding hydrogens is 343 g/mol. The van der Waals surface area contributed by atoms with E-state index in [4.69, 9.17) is 4.52 Å². The van der Waals surface area contributed by atoms with Crippen LogP contribution in [0.15, 0.2) is 40.9 Å². The fourth-order valence-corrected chi connectivity index (χ4v) is 4.08. The van der Waals surface area contributed by atoms with E-state index in [1.165, 1.54) is 17.7 Å². The molecule has 4 nitrogen and oxygen atoms in total. The molecule has 1 N–H and O–H groups in total. The van der Waals surface area contributed by atoms with Crippen LogP contribution >= 0.6 is 0 Å². The number of halogens is 1.